The lowest BCUT2D eigenvalue weighted by Gasteiger charge is -2.24. The highest BCUT2D eigenvalue weighted by Gasteiger charge is 2.27. The lowest BCUT2D eigenvalue weighted by atomic mass is 10.00. The first kappa shape index (κ1) is 25.7. The van der Waals surface area contributed by atoms with E-state index in [0.29, 0.717) is 17.0 Å². The van der Waals surface area contributed by atoms with E-state index < -0.39 is 18.1 Å². The van der Waals surface area contributed by atoms with Gasteiger partial charge in [-0.2, -0.15) is 0 Å². The maximum absolute atomic E-state index is 13.4. The summed E-state index contributed by atoms with van der Waals surface area (Å²) in [6, 6.07) is 9.33. The number of rotatable bonds is 9. The monoisotopic (exact) mass is 500 g/mol. The van der Waals surface area contributed by atoms with E-state index in [2.05, 4.69) is 5.32 Å². The minimum Gasteiger partial charge on any atom is -0.481 e. The summed E-state index contributed by atoms with van der Waals surface area (Å²) in [4.78, 5) is 38.5. The smallest absolute Gasteiger partial charge is 0.305 e. The van der Waals surface area contributed by atoms with E-state index in [-0.39, 0.29) is 23.8 Å². The number of halogens is 1. The highest BCUT2D eigenvalue weighted by molar-refractivity contribution is 7.13. The number of carbonyl (C=O) groups is 2. The van der Waals surface area contributed by atoms with Gasteiger partial charge in [0, 0.05) is 27.7 Å². The molecule has 0 aliphatic heterocycles. The first-order chi connectivity index (χ1) is 16.1. The summed E-state index contributed by atoms with van der Waals surface area (Å²) >= 11 is 7.86. The predicted molar refractivity (Wildman–Crippen MR) is 137 cm³/mol. The maximum atomic E-state index is 13.4. The number of pyridine rings is 1. The van der Waals surface area contributed by atoms with Crippen LogP contribution in [-0.4, -0.2) is 21.6 Å². The fraction of sp³-hybridized carbons (Fsp3) is 0.346. The van der Waals surface area contributed by atoms with Gasteiger partial charge in [-0.25, -0.2) is 0 Å². The number of nitrogens with zero attached hydrogens (tertiary/aromatic N) is 1. The Morgan fingerprint density at radius 2 is 1.91 bits per heavy atom. The van der Waals surface area contributed by atoms with Gasteiger partial charge in [-0.15, -0.1) is 11.3 Å². The zero-order valence-corrected chi connectivity index (χ0v) is 21.2. The van der Waals surface area contributed by atoms with Gasteiger partial charge in [0.2, 0.25) is 5.91 Å². The zero-order valence-electron chi connectivity index (χ0n) is 19.7. The molecule has 0 radical (unpaired) electrons. The van der Waals surface area contributed by atoms with Crippen LogP contribution >= 0.6 is 22.9 Å². The van der Waals surface area contributed by atoms with Crippen LogP contribution in [0.4, 0.5) is 0 Å². The highest BCUT2D eigenvalue weighted by atomic mass is 35.5. The molecule has 0 aliphatic rings. The molecule has 1 aromatic carbocycles. The molecule has 3 rings (SSSR count). The van der Waals surface area contributed by atoms with Crippen molar-refractivity contribution in [2.45, 2.75) is 52.6 Å². The summed E-state index contributed by atoms with van der Waals surface area (Å²) in [5.41, 5.74) is 3.15. The number of aromatic nitrogens is 1. The summed E-state index contributed by atoms with van der Waals surface area (Å²) in [5.74, 6) is -1.26. The molecule has 6 nitrogen and oxygen atoms in total. The lowest BCUT2D eigenvalue weighted by Crippen LogP contribution is -2.40. The third-order valence-corrected chi connectivity index (χ3v) is 6.90. The fourth-order valence-electron chi connectivity index (χ4n) is 3.94. The minimum absolute atomic E-state index is 0.151. The summed E-state index contributed by atoms with van der Waals surface area (Å²) in [6.45, 7) is 7.74. The Morgan fingerprint density at radius 1 is 1.18 bits per heavy atom. The second-order valence-electron chi connectivity index (χ2n) is 8.93. The predicted octanol–water partition coefficient (Wildman–Crippen LogP) is 5.77. The van der Waals surface area contributed by atoms with E-state index in [1.54, 1.807) is 12.3 Å². The second-order valence-corrected chi connectivity index (χ2v) is 10.2. The molecular formula is C26H29ClN2O4S. The molecule has 0 fully saturated rings. The Labute approximate surface area is 208 Å². The van der Waals surface area contributed by atoms with Crippen LogP contribution in [-0.2, 0) is 9.59 Å². The first-order valence-corrected chi connectivity index (χ1v) is 12.4. The Hall–Kier alpha value is -2.90. The number of carboxylic acids is 1. The highest BCUT2D eigenvalue weighted by Crippen LogP contribution is 2.37. The van der Waals surface area contributed by atoms with Crippen LogP contribution in [0.15, 0.2) is 52.8 Å². The van der Waals surface area contributed by atoms with Crippen LogP contribution in [0.5, 0.6) is 0 Å². The van der Waals surface area contributed by atoms with E-state index in [1.807, 2.05) is 57.3 Å². The Balaban J connectivity index is 1.94. The normalized spacial score (nSPS) is 13.0. The van der Waals surface area contributed by atoms with Gasteiger partial charge in [0.15, 0.2) is 0 Å². The largest absolute Gasteiger partial charge is 0.481 e. The SMILES string of the molecule is Cc1ccn([C@H](CC(C)C)C(=O)N[C@H](CC(=O)O)c2csc(-c3c(C)cccc3Cl)c2)c(=O)c1. The third-order valence-electron chi connectivity index (χ3n) is 5.62. The number of thiophene rings is 1. The average Bonchev–Trinajstić information content (AvgIpc) is 3.21. The van der Waals surface area contributed by atoms with Crippen molar-refractivity contribution in [3.05, 3.63) is 80.0 Å². The topological polar surface area (TPSA) is 88.4 Å². The number of benzene rings is 1. The number of carbonyl (C=O) groups excluding carboxylic acids is 1. The van der Waals surface area contributed by atoms with Gasteiger partial charge < -0.3 is 15.0 Å². The van der Waals surface area contributed by atoms with Crippen molar-refractivity contribution in [1.29, 1.82) is 0 Å². The molecule has 0 saturated heterocycles. The van der Waals surface area contributed by atoms with Gasteiger partial charge in [-0.05, 0) is 66.5 Å². The average molecular weight is 501 g/mol. The van der Waals surface area contributed by atoms with E-state index >= 15 is 0 Å². The minimum atomic E-state index is -1.03. The summed E-state index contributed by atoms with van der Waals surface area (Å²) in [7, 11) is 0. The fourth-order valence-corrected chi connectivity index (χ4v) is 5.41. The van der Waals surface area contributed by atoms with Crippen molar-refractivity contribution in [1.82, 2.24) is 9.88 Å². The van der Waals surface area contributed by atoms with Gasteiger partial charge in [0.1, 0.15) is 6.04 Å². The lowest BCUT2D eigenvalue weighted by molar-refractivity contribution is -0.138. The van der Waals surface area contributed by atoms with Gasteiger partial charge in [-0.3, -0.25) is 14.4 Å². The summed E-state index contributed by atoms with van der Waals surface area (Å²) in [6.07, 6.45) is 1.79. The number of hydrogen-bond donors (Lipinski definition) is 2. The second kappa shape index (κ2) is 11.0. The van der Waals surface area contributed by atoms with Crippen LogP contribution < -0.4 is 10.9 Å². The van der Waals surface area contributed by atoms with Gasteiger partial charge >= 0.3 is 5.97 Å². The molecule has 8 heteroatoms. The molecule has 0 spiro atoms. The van der Waals surface area contributed by atoms with E-state index in [9.17, 15) is 19.5 Å². The molecule has 1 amide bonds. The molecule has 2 aromatic heterocycles. The zero-order chi connectivity index (χ0) is 25.0. The van der Waals surface area contributed by atoms with Crippen LogP contribution in [0.3, 0.4) is 0 Å². The molecule has 0 aliphatic carbocycles. The number of amides is 1. The number of aryl methyl sites for hydroxylation is 2. The van der Waals surface area contributed by atoms with Crippen molar-refractivity contribution < 1.29 is 14.7 Å². The van der Waals surface area contributed by atoms with Crippen molar-refractivity contribution in [2.75, 3.05) is 0 Å². The quantitative estimate of drug-likeness (QED) is 0.390. The van der Waals surface area contributed by atoms with Crippen molar-refractivity contribution in [2.24, 2.45) is 5.92 Å². The standard InChI is InChI=1S/C26H29ClN2O4S/c1-15(2)10-21(29-9-8-16(3)11-23(29)30)26(33)28-20(13-24(31)32)18-12-22(34-14-18)25-17(4)6-5-7-19(25)27/h5-9,11-12,14-15,20-21H,10,13H2,1-4H3,(H,28,33)(H,31,32)/t20-,21-/m1/s1. The number of aliphatic carboxylic acids is 1. The Morgan fingerprint density at radius 3 is 2.53 bits per heavy atom. The molecule has 2 heterocycles. The third kappa shape index (κ3) is 6.15. The maximum Gasteiger partial charge on any atom is 0.305 e. The van der Waals surface area contributed by atoms with E-state index in [4.69, 9.17) is 11.6 Å². The first-order valence-electron chi connectivity index (χ1n) is 11.1. The molecular weight excluding hydrogens is 472 g/mol. The molecule has 34 heavy (non-hydrogen) atoms. The van der Waals surface area contributed by atoms with Crippen LogP contribution in [0.2, 0.25) is 5.02 Å². The van der Waals surface area contributed by atoms with Crippen LogP contribution in [0.1, 0.15) is 55.5 Å². The van der Waals surface area contributed by atoms with Crippen LogP contribution in [0.25, 0.3) is 10.4 Å². The van der Waals surface area contributed by atoms with Crippen molar-refractivity contribution >= 4 is 34.8 Å². The molecule has 180 valence electrons. The summed E-state index contributed by atoms with van der Waals surface area (Å²) < 4.78 is 1.42. The van der Waals surface area contributed by atoms with E-state index in [1.165, 1.54) is 22.0 Å². The number of carboxylic acid groups (broad SMARTS) is 1. The Bertz CT molecular complexity index is 1230. The van der Waals surface area contributed by atoms with Gasteiger partial charge in [0.25, 0.3) is 5.56 Å². The molecule has 0 bridgehead atoms. The number of hydrogen-bond acceptors (Lipinski definition) is 4. The number of nitrogens with one attached hydrogen (secondary N) is 1. The van der Waals surface area contributed by atoms with E-state index in [0.717, 1.165) is 21.6 Å². The van der Waals surface area contributed by atoms with Gasteiger partial charge in [-0.1, -0.05) is 37.6 Å². The van der Waals surface area contributed by atoms with Crippen molar-refractivity contribution in [3.63, 3.8) is 0 Å². The summed E-state index contributed by atoms with van der Waals surface area (Å²) in [5, 5.41) is 14.9. The molecule has 0 saturated carbocycles. The molecule has 3 aromatic rings. The molecule has 0 unspecified atom stereocenters. The Kier molecular flexibility index (Phi) is 8.33. The van der Waals surface area contributed by atoms with Crippen LogP contribution in [0, 0.1) is 19.8 Å². The molecule has 2 atom stereocenters. The van der Waals surface area contributed by atoms with Crippen molar-refractivity contribution in [3.8, 4) is 10.4 Å². The van der Waals surface area contributed by atoms with Gasteiger partial charge in [0.05, 0.1) is 12.5 Å². The molecule has 2 N–H and O–H groups in total.